The minimum absolute atomic E-state index is 0.0910. The first kappa shape index (κ1) is 12.4. The lowest BCUT2D eigenvalue weighted by molar-refractivity contribution is 0.0953. The topological polar surface area (TPSA) is 64.4 Å². The first-order chi connectivity index (χ1) is 7.69. The number of nitrogens with one attached hydrogen (secondary N) is 1. The number of unbranched alkanes of at least 4 members (excludes halogenated alkanes) is 1. The standard InChI is InChI=1S/C12H18N2O2/c1-3-4-7-14-12(15)9-5-6-10(13)11(8-9)16-2/h5-6,8H,3-4,7,13H2,1-2H3,(H,14,15). The van der Waals surface area contributed by atoms with Crippen LogP contribution in [-0.4, -0.2) is 19.6 Å². The molecule has 4 nitrogen and oxygen atoms in total. The molecule has 1 aromatic rings. The number of nitrogens with two attached hydrogens (primary N) is 1. The van der Waals surface area contributed by atoms with Crippen LogP contribution in [0.2, 0.25) is 0 Å². The summed E-state index contributed by atoms with van der Waals surface area (Å²) in [5, 5.41) is 2.84. The third-order valence-corrected chi connectivity index (χ3v) is 2.31. The molecule has 0 unspecified atom stereocenters. The van der Waals surface area contributed by atoms with Gasteiger partial charge in [-0.15, -0.1) is 0 Å². The SMILES string of the molecule is CCCCNC(=O)c1ccc(N)c(OC)c1. The van der Waals surface area contributed by atoms with Crippen LogP contribution in [0.5, 0.6) is 5.75 Å². The summed E-state index contributed by atoms with van der Waals surface area (Å²) >= 11 is 0. The zero-order chi connectivity index (χ0) is 12.0. The van der Waals surface area contributed by atoms with Crippen LogP contribution in [-0.2, 0) is 0 Å². The molecule has 0 spiro atoms. The van der Waals surface area contributed by atoms with E-state index in [1.807, 2.05) is 0 Å². The number of amides is 1. The predicted molar refractivity (Wildman–Crippen MR) is 64.6 cm³/mol. The Bertz CT molecular complexity index is 364. The monoisotopic (exact) mass is 222 g/mol. The summed E-state index contributed by atoms with van der Waals surface area (Å²) in [7, 11) is 1.53. The third-order valence-electron chi connectivity index (χ3n) is 2.31. The Morgan fingerprint density at radius 1 is 1.50 bits per heavy atom. The highest BCUT2D eigenvalue weighted by atomic mass is 16.5. The average molecular weight is 222 g/mol. The number of anilines is 1. The van der Waals surface area contributed by atoms with Gasteiger partial charge in [-0.3, -0.25) is 4.79 Å². The molecule has 0 aromatic heterocycles. The van der Waals surface area contributed by atoms with Gasteiger partial charge < -0.3 is 15.8 Å². The second kappa shape index (κ2) is 6.00. The van der Waals surface area contributed by atoms with Crippen molar-refractivity contribution in [3.05, 3.63) is 23.8 Å². The van der Waals surface area contributed by atoms with E-state index in [2.05, 4.69) is 12.2 Å². The van der Waals surface area contributed by atoms with E-state index in [-0.39, 0.29) is 5.91 Å². The summed E-state index contributed by atoms with van der Waals surface area (Å²) in [5.74, 6) is 0.440. The molecule has 0 aliphatic rings. The highest BCUT2D eigenvalue weighted by Crippen LogP contribution is 2.21. The fourth-order valence-corrected chi connectivity index (χ4v) is 1.33. The lowest BCUT2D eigenvalue weighted by Gasteiger charge is -2.08. The van der Waals surface area contributed by atoms with Crippen LogP contribution in [0.3, 0.4) is 0 Å². The number of methoxy groups -OCH3 is 1. The molecular weight excluding hydrogens is 204 g/mol. The van der Waals surface area contributed by atoms with Crippen LogP contribution in [0.4, 0.5) is 5.69 Å². The number of nitrogen functional groups attached to an aromatic ring is 1. The first-order valence-electron chi connectivity index (χ1n) is 5.40. The highest BCUT2D eigenvalue weighted by molar-refractivity contribution is 5.95. The number of carbonyl (C=O) groups is 1. The van der Waals surface area contributed by atoms with E-state index in [1.165, 1.54) is 7.11 Å². The molecule has 4 heteroatoms. The molecule has 0 bridgehead atoms. The molecule has 0 aliphatic heterocycles. The van der Waals surface area contributed by atoms with Gasteiger partial charge in [-0.1, -0.05) is 13.3 Å². The average Bonchev–Trinajstić information content (AvgIpc) is 2.30. The molecular formula is C12H18N2O2. The van der Waals surface area contributed by atoms with Gasteiger partial charge in [-0.25, -0.2) is 0 Å². The van der Waals surface area contributed by atoms with Crippen molar-refractivity contribution >= 4 is 11.6 Å². The van der Waals surface area contributed by atoms with Crippen LogP contribution in [0.1, 0.15) is 30.1 Å². The summed E-state index contributed by atoms with van der Waals surface area (Å²) in [6, 6.07) is 5.02. The quantitative estimate of drug-likeness (QED) is 0.590. The van der Waals surface area contributed by atoms with Crippen molar-refractivity contribution < 1.29 is 9.53 Å². The lowest BCUT2D eigenvalue weighted by atomic mass is 10.1. The van der Waals surface area contributed by atoms with Crippen LogP contribution >= 0.6 is 0 Å². The maximum absolute atomic E-state index is 11.7. The number of hydrogen-bond donors (Lipinski definition) is 2. The zero-order valence-electron chi connectivity index (χ0n) is 9.75. The Morgan fingerprint density at radius 3 is 2.88 bits per heavy atom. The summed E-state index contributed by atoms with van der Waals surface area (Å²) in [6.07, 6.45) is 2.04. The molecule has 0 saturated heterocycles. The van der Waals surface area contributed by atoms with Crippen molar-refractivity contribution in [1.29, 1.82) is 0 Å². The predicted octanol–water partition coefficient (Wildman–Crippen LogP) is 1.81. The van der Waals surface area contributed by atoms with E-state index in [4.69, 9.17) is 10.5 Å². The smallest absolute Gasteiger partial charge is 0.251 e. The van der Waals surface area contributed by atoms with Crippen molar-refractivity contribution in [2.24, 2.45) is 0 Å². The van der Waals surface area contributed by atoms with Gasteiger partial charge >= 0.3 is 0 Å². The van der Waals surface area contributed by atoms with Crippen molar-refractivity contribution in [2.45, 2.75) is 19.8 Å². The number of benzene rings is 1. The second-order valence-electron chi connectivity index (χ2n) is 3.57. The Hall–Kier alpha value is -1.71. The van der Waals surface area contributed by atoms with Crippen LogP contribution < -0.4 is 15.8 Å². The Morgan fingerprint density at radius 2 is 2.25 bits per heavy atom. The Labute approximate surface area is 95.8 Å². The molecule has 1 amide bonds. The molecule has 0 radical (unpaired) electrons. The van der Waals surface area contributed by atoms with Gasteiger partial charge in [0.05, 0.1) is 12.8 Å². The minimum Gasteiger partial charge on any atom is -0.495 e. The van der Waals surface area contributed by atoms with Crippen LogP contribution in [0.15, 0.2) is 18.2 Å². The van der Waals surface area contributed by atoms with Crippen LogP contribution in [0.25, 0.3) is 0 Å². The zero-order valence-corrected chi connectivity index (χ0v) is 9.75. The molecule has 88 valence electrons. The Balaban J connectivity index is 2.68. The number of ether oxygens (including phenoxy) is 1. The fraction of sp³-hybridized carbons (Fsp3) is 0.417. The molecule has 0 atom stereocenters. The minimum atomic E-state index is -0.0910. The van der Waals surface area contributed by atoms with Crippen molar-refractivity contribution in [3.63, 3.8) is 0 Å². The van der Waals surface area contributed by atoms with Gasteiger partial charge in [0.2, 0.25) is 0 Å². The molecule has 0 heterocycles. The summed E-state index contributed by atoms with van der Waals surface area (Å²) in [5.41, 5.74) is 6.77. The summed E-state index contributed by atoms with van der Waals surface area (Å²) < 4.78 is 5.06. The molecule has 0 fully saturated rings. The normalized spacial score (nSPS) is 9.88. The van der Waals surface area contributed by atoms with Gasteiger partial charge in [0.25, 0.3) is 5.91 Å². The molecule has 0 saturated carbocycles. The number of carbonyl (C=O) groups excluding carboxylic acids is 1. The summed E-state index contributed by atoms with van der Waals surface area (Å²) in [4.78, 5) is 11.7. The largest absolute Gasteiger partial charge is 0.495 e. The third kappa shape index (κ3) is 3.15. The van der Waals surface area contributed by atoms with Gasteiger partial charge in [0, 0.05) is 12.1 Å². The van der Waals surface area contributed by atoms with E-state index in [1.54, 1.807) is 18.2 Å². The fourth-order valence-electron chi connectivity index (χ4n) is 1.33. The number of hydrogen-bond acceptors (Lipinski definition) is 3. The van der Waals surface area contributed by atoms with E-state index in [9.17, 15) is 4.79 Å². The molecule has 0 aliphatic carbocycles. The van der Waals surface area contributed by atoms with Gasteiger partial charge in [0.15, 0.2) is 0 Å². The molecule has 1 aromatic carbocycles. The van der Waals surface area contributed by atoms with Gasteiger partial charge in [0.1, 0.15) is 5.75 Å². The molecule has 16 heavy (non-hydrogen) atoms. The van der Waals surface area contributed by atoms with E-state index >= 15 is 0 Å². The second-order valence-corrected chi connectivity index (χ2v) is 3.57. The van der Waals surface area contributed by atoms with Crippen molar-refractivity contribution in [2.75, 3.05) is 19.4 Å². The van der Waals surface area contributed by atoms with Crippen molar-refractivity contribution in [1.82, 2.24) is 5.32 Å². The summed E-state index contributed by atoms with van der Waals surface area (Å²) in [6.45, 7) is 2.78. The van der Waals surface area contributed by atoms with Gasteiger partial charge in [-0.2, -0.15) is 0 Å². The Kier molecular flexibility index (Phi) is 4.64. The maximum atomic E-state index is 11.7. The van der Waals surface area contributed by atoms with E-state index < -0.39 is 0 Å². The molecule has 3 N–H and O–H groups in total. The van der Waals surface area contributed by atoms with E-state index in [0.29, 0.717) is 23.5 Å². The van der Waals surface area contributed by atoms with Crippen LogP contribution in [0, 0.1) is 0 Å². The number of rotatable bonds is 5. The molecule has 1 rings (SSSR count). The highest BCUT2D eigenvalue weighted by Gasteiger charge is 2.07. The first-order valence-corrected chi connectivity index (χ1v) is 5.40. The van der Waals surface area contributed by atoms with E-state index in [0.717, 1.165) is 12.8 Å². The van der Waals surface area contributed by atoms with Gasteiger partial charge in [-0.05, 0) is 24.6 Å². The lowest BCUT2D eigenvalue weighted by Crippen LogP contribution is -2.24. The maximum Gasteiger partial charge on any atom is 0.251 e. The van der Waals surface area contributed by atoms with Crippen molar-refractivity contribution in [3.8, 4) is 5.75 Å².